The molecule has 0 radical (unpaired) electrons. The molecular formula is C12H14N2O4S. The number of hydrogen-bond acceptors (Lipinski definition) is 6. The quantitative estimate of drug-likeness (QED) is 0.928. The monoisotopic (exact) mass is 282 g/mol. The maximum Gasteiger partial charge on any atom is 0.349 e. The van der Waals surface area contributed by atoms with E-state index >= 15 is 0 Å². The lowest BCUT2D eigenvalue weighted by atomic mass is 9.97. The van der Waals surface area contributed by atoms with Gasteiger partial charge in [-0.1, -0.05) is 20.8 Å². The first-order valence-electron chi connectivity index (χ1n) is 5.64. The number of rotatable bonds is 4. The minimum Gasteiger partial charge on any atom is -0.482 e. The second-order valence-corrected chi connectivity index (χ2v) is 5.87. The Hall–Kier alpha value is -1.89. The fraction of sp³-hybridized carbons (Fsp3) is 0.417. The van der Waals surface area contributed by atoms with E-state index < -0.39 is 5.97 Å². The van der Waals surface area contributed by atoms with Gasteiger partial charge in [-0.3, -0.25) is 0 Å². The molecule has 102 valence electrons. The average molecular weight is 282 g/mol. The van der Waals surface area contributed by atoms with Gasteiger partial charge >= 0.3 is 5.97 Å². The molecule has 0 saturated heterocycles. The van der Waals surface area contributed by atoms with E-state index in [1.165, 1.54) is 0 Å². The number of thiophene rings is 1. The predicted octanol–water partition coefficient (Wildman–Crippen LogP) is 2.71. The maximum absolute atomic E-state index is 10.9. The molecule has 6 nitrogen and oxygen atoms in total. The van der Waals surface area contributed by atoms with Crippen LogP contribution in [0.15, 0.2) is 15.9 Å². The normalized spacial score (nSPS) is 11.5. The van der Waals surface area contributed by atoms with E-state index in [4.69, 9.17) is 14.3 Å². The Morgan fingerprint density at radius 1 is 1.47 bits per heavy atom. The van der Waals surface area contributed by atoms with Gasteiger partial charge in [0.25, 0.3) is 5.89 Å². The Balaban J connectivity index is 2.05. The molecule has 2 rings (SSSR count). The molecule has 0 unspecified atom stereocenters. The minimum atomic E-state index is -1.01. The molecule has 0 aromatic carbocycles. The molecule has 2 aromatic rings. The smallest absolute Gasteiger partial charge is 0.349 e. The van der Waals surface area contributed by atoms with Crippen molar-refractivity contribution in [3.63, 3.8) is 0 Å². The van der Waals surface area contributed by atoms with Gasteiger partial charge in [0.05, 0.1) is 0 Å². The van der Waals surface area contributed by atoms with Crippen LogP contribution < -0.4 is 4.74 Å². The topological polar surface area (TPSA) is 85.5 Å². The summed E-state index contributed by atoms with van der Waals surface area (Å²) in [7, 11) is 0. The molecule has 2 heterocycles. The molecule has 0 aliphatic carbocycles. The highest BCUT2D eigenvalue weighted by atomic mass is 32.1. The molecule has 19 heavy (non-hydrogen) atoms. The zero-order chi connectivity index (χ0) is 14.0. The summed E-state index contributed by atoms with van der Waals surface area (Å²) in [6, 6.07) is 1.61. The van der Waals surface area contributed by atoms with Crippen molar-refractivity contribution in [3.05, 3.63) is 28.1 Å². The van der Waals surface area contributed by atoms with E-state index in [0.717, 1.165) is 11.3 Å². The van der Waals surface area contributed by atoms with E-state index in [9.17, 15) is 4.79 Å². The summed E-state index contributed by atoms with van der Waals surface area (Å²) >= 11 is 1.11. The zero-order valence-corrected chi connectivity index (χ0v) is 11.7. The standard InChI is InChI=1S/C12H14N2O4S/c1-12(2,3)11-14-13-8(18-11)6-17-7-4-5-19-9(7)10(15)16/h4-5H,6H2,1-3H3,(H,15,16). The summed E-state index contributed by atoms with van der Waals surface area (Å²) in [5.41, 5.74) is -0.222. The second kappa shape index (κ2) is 5.00. The predicted molar refractivity (Wildman–Crippen MR) is 68.6 cm³/mol. The molecule has 0 fully saturated rings. The first-order chi connectivity index (χ1) is 8.88. The van der Waals surface area contributed by atoms with Crippen LogP contribution in [-0.4, -0.2) is 21.3 Å². The summed E-state index contributed by atoms with van der Waals surface area (Å²) in [6.07, 6.45) is 0. The van der Waals surface area contributed by atoms with Crippen molar-refractivity contribution < 1.29 is 19.1 Å². The number of hydrogen-bond donors (Lipinski definition) is 1. The summed E-state index contributed by atoms with van der Waals surface area (Å²) < 4.78 is 10.8. The number of nitrogens with zero attached hydrogens (tertiary/aromatic N) is 2. The fourth-order valence-electron chi connectivity index (χ4n) is 1.32. The molecule has 0 aliphatic rings. The molecule has 0 spiro atoms. The number of carbonyl (C=O) groups is 1. The fourth-order valence-corrected chi connectivity index (χ4v) is 1.99. The first kappa shape index (κ1) is 13.5. The highest BCUT2D eigenvalue weighted by molar-refractivity contribution is 7.12. The third-order valence-corrected chi connectivity index (χ3v) is 3.17. The van der Waals surface area contributed by atoms with E-state index in [1.807, 2.05) is 20.8 Å². The number of carboxylic acid groups (broad SMARTS) is 1. The van der Waals surface area contributed by atoms with Crippen LogP contribution in [0.5, 0.6) is 5.75 Å². The second-order valence-electron chi connectivity index (χ2n) is 4.96. The van der Waals surface area contributed by atoms with Crippen LogP contribution in [0.4, 0.5) is 0 Å². The van der Waals surface area contributed by atoms with Crippen LogP contribution in [0.1, 0.15) is 42.2 Å². The maximum atomic E-state index is 10.9. The lowest BCUT2D eigenvalue weighted by molar-refractivity contribution is 0.0697. The third-order valence-electron chi connectivity index (χ3n) is 2.28. The van der Waals surface area contributed by atoms with Gasteiger partial charge in [0.15, 0.2) is 11.5 Å². The van der Waals surface area contributed by atoms with Crippen LogP contribution in [0.25, 0.3) is 0 Å². The molecule has 0 atom stereocenters. The van der Waals surface area contributed by atoms with Gasteiger partial charge in [0.1, 0.15) is 5.75 Å². The Bertz CT molecular complexity index is 583. The van der Waals surface area contributed by atoms with Crippen LogP contribution in [0.2, 0.25) is 0 Å². The van der Waals surface area contributed by atoms with E-state index in [-0.39, 0.29) is 16.9 Å². The summed E-state index contributed by atoms with van der Waals surface area (Å²) in [6.45, 7) is 5.95. The van der Waals surface area contributed by atoms with Gasteiger partial charge in [-0.15, -0.1) is 21.5 Å². The summed E-state index contributed by atoms with van der Waals surface area (Å²) in [4.78, 5) is 11.1. The first-order valence-corrected chi connectivity index (χ1v) is 6.52. The van der Waals surface area contributed by atoms with Gasteiger partial charge in [-0.05, 0) is 11.4 Å². The van der Waals surface area contributed by atoms with Crippen molar-refractivity contribution >= 4 is 17.3 Å². The minimum absolute atomic E-state index is 0.0556. The van der Waals surface area contributed by atoms with Crippen molar-refractivity contribution in [3.8, 4) is 5.75 Å². The van der Waals surface area contributed by atoms with Crippen molar-refractivity contribution in [1.29, 1.82) is 0 Å². The molecule has 0 saturated carbocycles. The lowest BCUT2D eigenvalue weighted by Gasteiger charge is -2.11. The number of aromatic nitrogens is 2. The van der Waals surface area contributed by atoms with E-state index in [0.29, 0.717) is 17.5 Å². The molecular weight excluding hydrogens is 268 g/mol. The third kappa shape index (κ3) is 3.11. The Morgan fingerprint density at radius 3 is 2.79 bits per heavy atom. The Labute approximate surface area is 114 Å². The molecule has 0 aliphatic heterocycles. The zero-order valence-electron chi connectivity index (χ0n) is 10.8. The molecule has 1 N–H and O–H groups in total. The van der Waals surface area contributed by atoms with E-state index in [2.05, 4.69) is 10.2 Å². The number of aromatic carboxylic acids is 1. The van der Waals surface area contributed by atoms with Gasteiger partial charge in [-0.2, -0.15) is 0 Å². The number of ether oxygens (including phenoxy) is 1. The molecule has 0 bridgehead atoms. The SMILES string of the molecule is CC(C)(C)c1nnc(COc2ccsc2C(=O)O)o1. The van der Waals surface area contributed by atoms with Crippen LogP contribution >= 0.6 is 11.3 Å². The van der Waals surface area contributed by atoms with Gasteiger partial charge < -0.3 is 14.3 Å². The highest BCUT2D eigenvalue weighted by Gasteiger charge is 2.22. The van der Waals surface area contributed by atoms with Crippen molar-refractivity contribution in [2.24, 2.45) is 0 Å². The molecule has 7 heteroatoms. The lowest BCUT2D eigenvalue weighted by Crippen LogP contribution is -2.11. The molecule has 0 amide bonds. The Kier molecular flexibility index (Phi) is 3.57. The highest BCUT2D eigenvalue weighted by Crippen LogP contribution is 2.26. The largest absolute Gasteiger partial charge is 0.482 e. The van der Waals surface area contributed by atoms with Gasteiger partial charge in [0, 0.05) is 5.41 Å². The summed E-state index contributed by atoms with van der Waals surface area (Å²) in [5, 5.41) is 18.4. The van der Waals surface area contributed by atoms with Crippen LogP contribution in [-0.2, 0) is 12.0 Å². The number of carboxylic acids is 1. The van der Waals surface area contributed by atoms with Crippen LogP contribution in [0, 0.1) is 0 Å². The van der Waals surface area contributed by atoms with Crippen molar-refractivity contribution in [2.75, 3.05) is 0 Å². The van der Waals surface area contributed by atoms with E-state index in [1.54, 1.807) is 11.4 Å². The summed E-state index contributed by atoms with van der Waals surface area (Å²) in [5.74, 6) is 0.154. The van der Waals surface area contributed by atoms with Crippen molar-refractivity contribution in [1.82, 2.24) is 10.2 Å². The molecule has 2 aromatic heterocycles. The Morgan fingerprint density at radius 2 is 2.21 bits per heavy atom. The van der Waals surface area contributed by atoms with Gasteiger partial charge in [0.2, 0.25) is 5.89 Å². The van der Waals surface area contributed by atoms with Gasteiger partial charge in [-0.25, -0.2) is 4.79 Å². The van der Waals surface area contributed by atoms with Crippen molar-refractivity contribution in [2.45, 2.75) is 32.8 Å². The average Bonchev–Trinajstić information content (AvgIpc) is 2.94. The van der Waals surface area contributed by atoms with Crippen LogP contribution in [0.3, 0.4) is 0 Å².